The van der Waals surface area contributed by atoms with E-state index in [4.69, 9.17) is 15.9 Å². The Labute approximate surface area is 97.4 Å². The third-order valence-corrected chi connectivity index (χ3v) is 2.76. The van der Waals surface area contributed by atoms with Crippen LogP contribution in [-0.2, 0) is 9.47 Å². The predicted molar refractivity (Wildman–Crippen MR) is 62.7 cm³/mol. The molecule has 90 valence electrons. The summed E-state index contributed by atoms with van der Waals surface area (Å²) in [5, 5.41) is 9.73. The van der Waals surface area contributed by atoms with E-state index in [1.54, 1.807) is 0 Å². The van der Waals surface area contributed by atoms with Gasteiger partial charge in [-0.05, 0) is 32.8 Å². The van der Waals surface area contributed by atoms with Crippen LogP contribution in [0.4, 0.5) is 0 Å². The maximum absolute atomic E-state index is 9.73. The Morgan fingerprint density at radius 3 is 2.62 bits per heavy atom. The molecule has 1 N–H and O–H groups in total. The molecule has 0 aromatic carbocycles. The average Bonchev–Trinajstić information content (AvgIpc) is 2.55. The number of ether oxygens (including phenoxy) is 2. The molecular formula is C13H20O3. The zero-order valence-electron chi connectivity index (χ0n) is 10.4. The van der Waals surface area contributed by atoms with Crippen molar-refractivity contribution in [3.63, 3.8) is 0 Å². The highest BCUT2D eigenvalue weighted by molar-refractivity contribution is 5.16. The number of aliphatic hydroxyl groups excluding tert-OH is 1. The van der Waals surface area contributed by atoms with Crippen molar-refractivity contribution in [1.82, 2.24) is 0 Å². The SMILES string of the molecule is C#C[C@H](O)[C@@H]1OC(C)(C)O[C@@H]1C(=CC)CC. The van der Waals surface area contributed by atoms with Gasteiger partial charge in [-0.2, -0.15) is 0 Å². The van der Waals surface area contributed by atoms with E-state index in [1.165, 1.54) is 0 Å². The summed E-state index contributed by atoms with van der Waals surface area (Å²) in [4.78, 5) is 0. The van der Waals surface area contributed by atoms with Crippen molar-refractivity contribution in [3.8, 4) is 12.3 Å². The van der Waals surface area contributed by atoms with Gasteiger partial charge >= 0.3 is 0 Å². The molecule has 3 atom stereocenters. The minimum atomic E-state index is -0.937. The fourth-order valence-electron chi connectivity index (χ4n) is 1.97. The summed E-state index contributed by atoms with van der Waals surface area (Å²) >= 11 is 0. The average molecular weight is 224 g/mol. The van der Waals surface area contributed by atoms with Crippen LogP contribution in [0.25, 0.3) is 0 Å². The maximum atomic E-state index is 9.73. The zero-order chi connectivity index (χ0) is 12.3. The lowest BCUT2D eigenvalue weighted by atomic mass is 9.99. The third kappa shape index (κ3) is 2.65. The number of aliphatic hydroxyl groups is 1. The molecule has 1 fully saturated rings. The first-order chi connectivity index (χ1) is 7.45. The van der Waals surface area contributed by atoms with Gasteiger partial charge in [0.1, 0.15) is 18.3 Å². The normalized spacial score (nSPS) is 31.1. The number of allylic oxidation sites excluding steroid dienone is 1. The summed E-state index contributed by atoms with van der Waals surface area (Å²) < 4.78 is 11.4. The highest BCUT2D eigenvalue weighted by atomic mass is 16.8. The van der Waals surface area contributed by atoms with Crippen molar-refractivity contribution in [2.24, 2.45) is 0 Å². The second kappa shape index (κ2) is 5.01. The molecule has 3 nitrogen and oxygen atoms in total. The Hall–Kier alpha value is -0.820. The first-order valence-corrected chi connectivity index (χ1v) is 5.60. The van der Waals surface area contributed by atoms with E-state index in [0.717, 1.165) is 12.0 Å². The van der Waals surface area contributed by atoms with Gasteiger partial charge in [-0.15, -0.1) is 6.42 Å². The van der Waals surface area contributed by atoms with Crippen molar-refractivity contribution in [2.45, 2.75) is 58.2 Å². The summed E-state index contributed by atoms with van der Waals surface area (Å²) in [6, 6.07) is 0. The molecule has 0 aliphatic carbocycles. The molecule has 1 heterocycles. The van der Waals surface area contributed by atoms with Crippen LogP contribution in [0.3, 0.4) is 0 Å². The molecule has 0 aromatic heterocycles. The van der Waals surface area contributed by atoms with E-state index in [0.29, 0.717) is 0 Å². The van der Waals surface area contributed by atoms with Gasteiger partial charge < -0.3 is 14.6 Å². The molecule has 0 spiro atoms. The number of terminal acetylenes is 1. The fourth-order valence-corrected chi connectivity index (χ4v) is 1.97. The van der Waals surface area contributed by atoms with Crippen molar-refractivity contribution < 1.29 is 14.6 Å². The van der Waals surface area contributed by atoms with E-state index in [-0.39, 0.29) is 6.10 Å². The molecule has 0 saturated carbocycles. The second-order valence-corrected chi connectivity index (χ2v) is 4.35. The lowest BCUT2D eigenvalue weighted by molar-refractivity contribution is -0.150. The van der Waals surface area contributed by atoms with E-state index in [9.17, 15) is 5.11 Å². The smallest absolute Gasteiger partial charge is 0.164 e. The van der Waals surface area contributed by atoms with Crippen molar-refractivity contribution >= 4 is 0 Å². The van der Waals surface area contributed by atoms with Crippen molar-refractivity contribution in [3.05, 3.63) is 11.6 Å². The summed E-state index contributed by atoms with van der Waals surface area (Å²) in [6.07, 6.45) is 6.41. The van der Waals surface area contributed by atoms with Crippen LogP contribution in [0.5, 0.6) is 0 Å². The summed E-state index contributed by atoms with van der Waals surface area (Å²) in [7, 11) is 0. The Kier molecular flexibility index (Phi) is 4.15. The molecule has 1 saturated heterocycles. The van der Waals surface area contributed by atoms with Crippen LogP contribution in [0.2, 0.25) is 0 Å². The molecule has 0 aromatic rings. The molecule has 0 unspecified atom stereocenters. The van der Waals surface area contributed by atoms with E-state index < -0.39 is 18.0 Å². The molecule has 0 radical (unpaired) electrons. The molecule has 16 heavy (non-hydrogen) atoms. The van der Waals surface area contributed by atoms with Crippen molar-refractivity contribution in [2.75, 3.05) is 0 Å². The van der Waals surface area contributed by atoms with Gasteiger partial charge in [-0.25, -0.2) is 0 Å². The van der Waals surface area contributed by atoms with Crippen LogP contribution in [0.1, 0.15) is 34.1 Å². The summed E-state index contributed by atoms with van der Waals surface area (Å²) in [5.41, 5.74) is 1.10. The predicted octanol–water partition coefficient (Wildman–Crippen LogP) is 1.86. The molecular weight excluding hydrogens is 204 g/mol. The number of rotatable bonds is 3. The first-order valence-electron chi connectivity index (χ1n) is 5.60. The Morgan fingerprint density at radius 2 is 2.19 bits per heavy atom. The second-order valence-electron chi connectivity index (χ2n) is 4.35. The molecule has 0 amide bonds. The highest BCUT2D eigenvalue weighted by Crippen LogP contribution is 2.34. The monoisotopic (exact) mass is 224 g/mol. The maximum Gasteiger partial charge on any atom is 0.164 e. The van der Waals surface area contributed by atoms with Gasteiger partial charge in [0.05, 0.1) is 0 Å². The van der Waals surface area contributed by atoms with Gasteiger partial charge in [-0.3, -0.25) is 0 Å². The van der Waals surface area contributed by atoms with Crippen molar-refractivity contribution in [1.29, 1.82) is 0 Å². The third-order valence-electron chi connectivity index (χ3n) is 2.76. The minimum Gasteiger partial charge on any atom is -0.378 e. The Bertz CT molecular complexity index is 312. The molecule has 1 rings (SSSR count). The van der Waals surface area contributed by atoms with Gasteiger partial charge in [0.25, 0.3) is 0 Å². The molecule has 1 aliphatic heterocycles. The lowest BCUT2D eigenvalue weighted by Gasteiger charge is -2.20. The van der Waals surface area contributed by atoms with Crippen LogP contribution in [0.15, 0.2) is 11.6 Å². The topological polar surface area (TPSA) is 38.7 Å². The molecule has 1 aliphatic rings. The van der Waals surface area contributed by atoms with Gasteiger partial charge in [0, 0.05) is 0 Å². The van der Waals surface area contributed by atoms with Gasteiger partial charge in [0.2, 0.25) is 0 Å². The van der Waals surface area contributed by atoms with Crippen LogP contribution >= 0.6 is 0 Å². The van der Waals surface area contributed by atoms with Gasteiger partial charge in [0.15, 0.2) is 5.79 Å². The minimum absolute atomic E-state index is 0.254. The van der Waals surface area contributed by atoms with Crippen LogP contribution in [-0.4, -0.2) is 29.2 Å². The highest BCUT2D eigenvalue weighted by Gasteiger charge is 2.45. The Morgan fingerprint density at radius 1 is 1.56 bits per heavy atom. The summed E-state index contributed by atoms with van der Waals surface area (Å²) in [6.45, 7) is 7.65. The first kappa shape index (κ1) is 13.2. The fraction of sp³-hybridized carbons (Fsp3) is 0.692. The standard InChI is InChI=1S/C13H20O3/c1-6-9(7-2)11-12(10(14)8-3)16-13(4,5)15-11/h3,6,10-12,14H,7H2,1-2,4-5H3/t10-,11+,12-/m0/s1. The Balaban J connectivity index is 2.93. The quantitative estimate of drug-likeness (QED) is 0.587. The lowest BCUT2D eigenvalue weighted by Crippen LogP contribution is -2.35. The van der Waals surface area contributed by atoms with E-state index in [2.05, 4.69) is 5.92 Å². The van der Waals surface area contributed by atoms with Crippen LogP contribution < -0.4 is 0 Å². The number of hydrogen-bond donors (Lipinski definition) is 1. The van der Waals surface area contributed by atoms with Gasteiger partial charge in [-0.1, -0.05) is 18.9 Å². The summed E-state index contributed by atoms with van der Waals surface area (Å²) in [5.74, 6) is 1.60. The zero-order valence-corrected chi connectivity index (χ0v) is 10.4. The number of hydrogen-bond acceptors (Lipinski definition) is 3. The van der Waals surface area contributed by atoms with E-state index >= 15 is 0 Å². The molecule has 0 bridgehead atoms. The van der Waals surface area contributed by atoms with Crippen LogP contribution in [0, 0.1) is 12.3 Å². The molecule has 3 heteroatoms. The largest absolute Gasteiger partial charge is 0.378 e. The van der Waals surface area contributed by atoms with E-state index in [1.807, 2.05) is 33.8 Å².